The number of aliphatic carboxylic acids is 1. The van der Waals surface area contributed by atoms with Crippen molar-refractivity contribution in [2.24, 2.45) is 5.92 Å². The monoisotopic (exact) mass is 294 g/mol. The van der Waals surface area contributed by atoms with Crippen LogP contribution in [0.4, 0.5) is 0 Å². The minimum absolute atomic E-state index is 0.0952. The van der Waals surface area contributed by atoms with Gasteiger partial charge in [0.25, 0.3) is 0 Å². The van der Waals surface area contributed by atoms with E-state index in [1.54, 1.807) is 6.92 Å². The zero-order chi connectivity index (χ0) is 15.0. The molecule has 0 aliphatic heterocycles. The maximum absolute atomic E-state index is 10.9. The molecule has 0 aliphatic rings. The van der Waals surface area contributed by atoms with Gasteiger partial charge >= 0.3 is 5.97 Å². The van der Waals surface area contributed by atoms with Gasteiger partial charge in [0, 0.05) is 0 Å². The zero-order valence-corrected chi connectivity index (χ0v) is 13.1. The third-order valence-electron chi connectivity index (χ3n) is 2.84. The van der Waals surface area contributed by atoms with E-state index in [9.17, 15) is 4.79 Å². The quantitative estimate of drug-likeness (QED) is 0.813. The van der Waals surface area contributed by atoms with E-state index in [1.165, 1.54) is 11.2 Å². The number of hydrogen-bond acceptors (Lipinski definition) is 2. The van der Waals surface area contributed by atoms with Gasteiger partial charge in [-0.3, -0.25) is 4.79 Å². The van der Waals surface area contributed by atoms with Crippen LogP contribution in [-0.4, -0.2) is 17.7 Å². The van der Waals surface area contributed by atoms with E-state index in [4.69, 9.17) is 9.84 Å². The van der Waals surface area contributed by atoms with E-state index in [0.717, 1.165) is 17.7 Å². The van der Waals surface area contributed by atoms with Crippen molar-refractivity contribution in [3.8, 4) is 10.9 Å². The lowest BCUT2D eigenvalue weighted by Gasteiger charge is -2.11. The Labute approximate surface area is 124 Å². The first-order valence-corrected chi connectivity index (χ1v) is 7.67. The van der Waals surface area contributed by atoms with Gasteiger partial charge in [0.2, 0.25) is 0 Å². The number of benzene rings is 1. The number of ether oxygens (including phenoxy) is 1. The number of carbonyl (C=O) groups is 1. The SMILES string of the molecule is CC#SC(CC(=O)O)c1ccc(OCCC(C)C)cc1. The molecular formula is C16H22O3S. The molecule has 0 saturated carbocycles. The fourth-order valence-electron chi connectivity index (χ4n) is 1.72. The van der Waals surface area contributed by atoms with Gasteiger partial charge in [0.05, 0.1) is 18.3 Å². The summed E-state index contributed by atoms with van der Waals surface area (Å²) in [6, 6.07) is 7.67. The molecule has 110 valence electrons. The Morgan fingerprint density at radius 3 is 2.50 bits per heavy atom. The lowest BCUT2D eigenvalue weighted by Crippen LogP contribution is -2.03. The number of carboxylic acid groups (broad SMARTS) is 1. The third kappa shape index (κ3) is 6.09. The van der Waals surface area contributed by atoms with Crippen LogP contribution >= 0.6 is 11.2 Å². The summed E-state index contributed by atoms with van der Waals surface area (Å²) in [6.07, 6.45) is 1.12. The minimum atomic E-state index is -0.796. The Morgan fingerprint density at radius 1 is 1.35 bits per heavy atom. The second-order valence-electron chi connectivity index (χ2n) is 5.01. The molecule has 0 spiro atoms. The van der Waals surface area contributed by atoms with Crippen LogP contribution in [-0.2, 0) is 4.79 Å². The van der Waals surface area contributed by atoms with Crippen molar-refractivity contribution in [2.45, 2.75) is 38.9 Å². The molecule has 0 heterocycles. The standard InChI is InChI=1S/C16H22O3S/c1-4-20-15(11-16(17)18)13-5-7-14(8-6-13)19-10-9-12(2)3/h5-8,12,15H,9-11H2,1-3H3,(H,17,18). The molecule has 0 fully saturated rings. The molecular weight excluding hydrogens is 272 g/mol. The fourth-order valence-corrected chi connectivity index (χ4v) is 2.52. The lowest BCUT2D eigenvalue weighted by molar-refractivity contribution is -0.137. The fraction of sp³-hybridized carbons (Fsp3) is 0.500. The first kappa shape index (κ1) is 16.5. The van der Waals surface area contributed by atoms with E-state index in [-0.39, 0.29) is 11.7 Å². The number of rotatable bonds is 7. The second-order valence-corrected chi connectivity index (χ2v) is 6.22. The molecule has 4 heteroatoms. The van der Waals surface area contributed by atoms with E-state index in [0.29, 0.717) is 12.5 Å². The van der Waals surface area contributed by atoms with Crippen molar-refractivity contribution in [1.29, 1.82) is 0 Å². The molecule has 1 N–H and O–H groups in total. The van der Waals surface area contributed by atoms with Crippen LogP contribution in [0.3, 0.4) is 0 Å². The van der Waals surface area contributed by atoms with Gasteiger partial charge in [-0.1, -0.05) is 31.2 Å². The van der Waals surface area contributed by atoms with E-state index >= 15 is 0 Å². The van der Waals surface area contributed by atoms with Crippen molar-refractivity contribution >= 4 is 17.1 Å². The molecule has 0 aromatic heterocycles. The highest BCUT2D eigenvalue weighted by atomic mass is 32.1. The molecule has 0 bridgehead atoms. The van der Waals surface area contributed by atoms with Crippen LogP contribution in [0, 0.1) is 11.1 Å². The van der Waals surface area contributed by atoms with Gasteiger partial charge in [0.1, 0.15) is 5.75 Å². The molecule has 1 aromatic carbocycles. The van der Waals surface area contributed by atoms with Crippen LogP contribution in [0.25, 0.3) is 0 Å². The van der Waals surface area contributed by atoms with Crippen LogP contribution in [0.2, 0.25) is 0 Å². The third-order valence-corrected chi connectivity index (χ3v) is 3.79. The van der Waals surface area contributed by atoms with E-state index < -0.39 is 5.97 Å². The Balaban J connectivity index is 2.67. The maximum Gasteiger partial charge on any atom is 0.305 e. The highest BCUT2D eigenvalue weighted by Gasteiger charge is 2.13. The Hall–Kier alpha value is -1.51. The molecule has 0 amide bonds. The number of carboxylic acids is 1. The van der Waals surface area contributed by atoms with Gasteiger partial charge in [0.15, 0.2) is 0 Å². The van der Waals surface area contributed by atoms with E-state index in [1.807, 2.05) is 24.3 Å². The van der Waals surface area contributed by atoms with Crippen LogP contribution in [0.5, 0.6) is 5.75 Å². The van der Waals surface area contributed by atoms with Gasteiger partial charge in [-0.05, 0) is 37.0 Å². The summed E-state index contributed by atoms with van der Waals surface area (Å²) < 4.78 is 5.65. The highest BCUT2D eigenvalue weighted by Crippen LogP contribution is 2.27. The van der Waals surface area contributed by atoms with Crippen molar-refractivity contribution in [3.05, 3.63) is 29.8 Å². The van der Waals surface area contributed by atoms with Crippen molar-refractivity contribution in [3.63, 3.8) is 0 Å². The molecule has 20 heavy (non-hydrogen) atoms. The zero-order valence-electron chi connectivity index (χ0n) is 12.3. The van der Waals surface area contributed by atoms with Crippen molar-refractivity contribution in [1.82, 2.24) is 0 Å². The van der Waals surface area contributed by atoms with Gasteiger partial charge in [-0.15, -0.1) is 11.2 Å². The second kappa shape index (κ2) is 8.62. The summed E-state index contributed by atoms with van der Waals surface area (Å²) in [4.78, 5) is 10.9. The predicted octanol–water partition coefficient (Wildman–Crippen LogP) is 4.34. The van der Waals surface area contributed by atoms with Crippen LogP contribution in [0.15, 0.2) is 24.3 Å². The summed E-state index contributed by atoms with van der Waals surface area (Å²) >= 11 is 1.41. The average Bonchev–Trinajstić information content (AvgIpc) is 2.38. The maximum atomic E-state index is 10.9. The summed E-state index contributed by atoms with van der Waals surface area (Å²) in [6.45, 7) is 6.83. The Kier molecular flexibility index (Phi) is 7.13. The summed E-state index contributed by atoms with van der Waals surface area (Å²) in [7, 11) is 0. The highest BCUT2D eigenvalue weighted by molar-refractivity contribution is 7.88. The number of hydrogen-bond donors (Lipinski definition) is 1. The van der Waals surface area contributed by atoms with E-state index in [2.05, 4.69) is 19.0 Å². The van der Waals surface area contributed by atoms with Crippen molar-refractivity contribution in [2.75, 3.05) is 6.61 Å². The summed E-state index contributed by atoms with van der Waals surface area (Å²) in [5.41, 5.74) is 0.989. The molecule has 1 atom stereocenters. The molecule has 3 nitrogen and oxygen atoms in total. The van der Waals surface area contributed by atoms with Crippen LogP contribution in [0.1, 0.15) is 44.4 Å². The molecule has 1 aromatic rings. The van der Waals surface area contributed by atoms with Crippen molar-refractivity contribution < 1.29 is 14.6 Å². The predicted molar refractivity (Wildman–Crippen MR) is 83.5 cm³/mol. The topological polar surface area (TPSA) is 46.5 Å². The molecule has 1 unspecified atom stereocenters. The Morgan fingerprint density at radius 2 is 2.00 bits per heavy atom. The van der Waals surface area contributed by atoms with Gasteiger partial charge in [-0.2, -0.15) is 0 Å². The smallest absolute Gasteiger partial charge is 0.305 e. The largest absolute Gasteiger partial charge is 0.494 e. The normalized spacial score (nSPS) is 11.8. The summed E-state index contributed by atoms with van der Waals surface area (Å²) in [5.74, 6) is 0.661. The molecule has 0 aliphatic carbocycles. The first-order chi connectivity index (χ1) is 9.52. The lowest BCUT2D eigenvalue weighted by atomic mass is 10.1. The molecule has 1 rings (SSSR count). The average molecular weight is 294 g/mol. The molecule has 0 radical (unpaired) electrons. The summed E-state index contributed by atoms with van der Waals surface area (Å²) in [5, 5.41) is 11.8. The van der Waals surface area contributed by atoms with Crippen LogP contribution < -0.4 is 4.74 Å². The molecule has 0 saturated heterocycles. The van der Waals surface area contributed by atoms with Gasteiger partial charge < -0.3 is 9.84 Å². The first-order valence-electron chi connectivity index (χ1n) is 6.80. The Bertz CT molecular complexity index is 483. The minimum Gasteiger partial charge on any atom is -0.494 e. The van der Waals surface area contributed by atoms with Gasteiger partial charge in [-0.25, -0.2) is 0 Å².